The van der Waals surface area contributed by atoms with E-state index in [4.69, 9.17) is 4.52 Å². The molecule has 2 aromatic carbocycles. The normalized spacial score (nSPS) is 17.3. The lowest BCUT2D eigenvalue weighted by Crippen LogP contribution is -2.44. The third-order valence-corrected chi connectivity index (χ3v) is 7.47. The summed E-state index contributed by atoms with van der Waals surface area (Å²) >= 11 is 1.59. The molecule has 1 amide bonds. The van der Waals surface area contributed by atoms with Crippen LogP contribution in [0.4, 0.5) is 0 Å². The first-order valence-corrected chi connectivity index (χ1v) is 13.0. The number of thiophene rings is 1. The van der Waals surface area contributed by atoms with Gasteiger partial charge in [-0.2, -0.15) is 4.98 Å². The Morgan fingerprint density at radius 2 is 2.03 bits per heavy atom. The number of nitrogens with one attached hydrogen (secondary N) is 1. The molecule has 35 heavy (non-hydrogen) atoms. The van der Waals surface area contributed by atoms with Crippen molar-refractivity contribution in [2.45, 2.75) is 39.3 Å². The molecule has 1 saturated heterocycles. The van der Waals surface area contributed by atoms with Gasteiger partial charge in [0.1, 0.15) is 0 Å². The van der Waals surface area contributed by atoms with Gasteiger partial charge in [-0.1, -0.05) is 65.3 Å². The molecule has 6 nitrogen and oxygen atoms in total. The van der Waals surface area contributed by atoms with Crippen molar-refractivity contribution in [1.82, 2.24) is 20.4 Å². The van der Waals surface area contributed by atoms with Gasteiger partial charge in [0.25, 0.3) is 0 Å². The molecular formula is C28H30N4O2S. The fourth-order valence-corrected chi connectivity index (χ4v) is 5.47. The average Bonchev–Trinajstić information content (AvgIpc) is 3.56. The van der Waals surface area contributed by atoms with Crippen LogP contribution in [0.2, 0.25) is 0 Å². The van der Waals surface area contributed by atoms with Gasteiger partial charge < -0.3 is 9.84 Å². The summed E-state index contributed by atoms with van der Waals surface area (Å²) in [5.41, 5.74) is 4.63. The highest BCUT2D eigenvalue weighted by atomic mass is 32.1. The molecule has 2 unspecified atom stereocenters. The van der Waals surface area contributed by atoms with Crippen LogP contribution >= 0.6 is 11.3 Å². The number of amides is 1. The van der Waals surface area contributed by atoms with E-state index >= 15 is 0 Å². The zero-order valence-electron chi connectivity index (χ0n) is 20.1. The van der Waals surface area contributed by atoms with Gasteiger partial charge in [-0.15, -0.1) is 11.3 Å². The molecule has 0 aliphatic carbocycles. The van der Waals surface area contributed by atoms with E-state index in [0.717, 1.165) is 35.4 Å². The van der Waals surface area contributed by atoms with Crippen LogP contribution in [0, 0.1) is 19.8 Å². The molecule has 0 radical (unpaired) electrons. The zero-order chi connectivity index (χ0) is 24.2. The highest BCUT2D eigenvalue weighted by Crippen LogP contribution is 2.28. The molecule has 2 atom stereocenters. The Balaban J connectivity index is 1.28. The number of piperidine rings is 1. The van der Waals surface area contributed by atoms with Crippen LogP contribution in [-0.4, -0.2) is 34.0 Å². The van der Waals surface area contributed by atoms with Crippen molar-refractivity contribution >= 4 is 17.2 Å². The number of carbonyl (C=O) groups is 1. The molecule has 1 fully saturated rings. The van der Waals surface area contributed by atoms with Gasteiger partial charge in [-0.3, -0.25) is 9.69 Å². The Morgan fingerprint density at radius 1 is 1.17 bits per heavy atom. The predicted molar refractivity (Wildman–Crippen MR) is 138 cm³/mol. The summed E-state index contributed by atoms with van der Waals surface area (Å²) in [5.74, 6) is 1.22. The first-order valence-electron chi connectivity index (χ1n) is 12.1. The lowest BCUT2D eigenvalue weighted by atomic mass is 9.92. The number of aromatic nitrogens is 2. The van der Waals surface area contributed by atoms with E-state index in [1.54, 1.807) is 11.3 Å². The monoisotopic (exact) mass is 486 g/mol. The van der Waals surface area contributed by atoms with E-state index in [2.05, 4.69) is 64.5 Å². The van der Waals surface area contributed by atoms with Crippen LogP contribution in [0.5, 0.6) is 0 Å². The smallest absolute Gasteiger partial charge is 0.241 e. The van der Waals surface area contributed by atoms with Crippen LogP contribution in [0.25, 0.3) is 10.7 Å². The van der Waals surface area contributed by atoms with Crippen LogP contribution < -0.4 is 5.32 Å². The highest BCUT2D eigenvalue weighted by Gasteiger charge is 2.29. The van der Waals surface area contributed by atoms with Gasteiger partial charge in [-0.25, -0.2) is 0 Å². The van der Waals surface area contributed by atoms with Crippen LogP contribution in [0.1, 0.15) is 47.0 Å². The van der Waals surface area contributed by atoms with Crippen LogP contribution in [0.3, 0.4) is 0 Å². The minimum absolute atomic E-state index is 0.0830. The number of carbonyl (C=O) groups excluding carboxylic acids is 1. The predicted octanol–water partition coefficient (Wildman–Crippen LogP) is 5.53. The standard InChI is InChI=1S/C28H30N4O2S/c1-19-12-13-23(20(2)16-19)26(21-8-4-3-5-9-21)30-28(33)22-10-6-14-32(17-22)18-25-29-27(31-34-25)24-11-7-15-35-24/h3-5,7-9,11-13,15-16,22,26H,6,10,14,17-18H2,1-2H3,(H,30,33). The number of benzene rings is 2. The molecule has 5 rings (SSSR count). The van der Waals surface area contributed by atoms with E-state index in [1.807, 2.05) is 35.7 Å². The number of hydrogen-bond donors (Lipinski definition) is 1. The summed E-state index contributed by atoms with van der Waals surface area (Å²) in [6.45, 7) is 6.36. The Hall–Kier alpha value is -3.29. The Morgan fingerprint density at radius 3 is 2.80 bits per heavy atom. The third kappa shape index (κ3) is 5.52. The van der Waals surface area contributed by atoms with Gasteiger partial charge in [-0.05, 0) is 61.4 Å². The van der Waals surface area contributed by atoms with Crippen molar-refractivity contribution in [1.29, 1.82) is 0 Å². The zero-order valence-corrected chi connectivity index (χ0v) is 20.9. The number of likely N-dealkylation sites (tertiary alicyclic amines) is 1. The summed E-state index contributed by atoms with van der Waals surface area (Å²) in [6.07, 6.45) is 1.84. The Labute approximate surface area is 210 Å². The lowest BCUT2D eigenvalue weighted by Gasteiger charge is -2.32. The Kier molecular flexibility index (Phi) is 7.06. The fraction of sp³-hybridized carbons (Fsp3) is 0.321. The second-order valence-electron chi connectivity index (χ2n) is 9.28. The van der Waals surface area contributed by atoms with E-state index in [0.29, 0.717) is 24.8 Å². The van der Waals surface area contributed by atoms with E-state index in [-0.39, 0.29) is 17.9 Å². The molecule has 1 N–H and O–H groups in total. The van der Waals surface area contributed by atoms with Crippen molar-refractivity contribution in [2.75, 3.05) is 13.1 Å². The molecular weight excluding hydrogens is 456 g/mol. The third-order valence-electron chi connectivity index (χ3n) is 6.60. The van der Waals surface area contributed by atoms with Crippen LogP contribution in [0.15, 0.2) is 70.6 Å². The molecule has 0 spiro atoms. The molecule has 1 aliphatic rings. The van der Waals surface area contributed by atoms with Crippen molar-refractivity contribution in [3.8, 4) is 10.7 Å². The average molecular weight is 487 g/mol. The summed E-state index contributed by atoms with van der Waals surface area (Å²) in [5, 5.41) is 9.49. The van der Waals surface area contributed by atoms with Gasteiger partial charge in [0.15, 0.2) is 0 Å². The summed E-state index contributed by atoms with van der Waals surface area (Å²) in [7, 11) is 0. The maximum Gasteiger partial charge on any atom is 0.241 e. The number of nitrogens with zero attached hydrogens (tertiary/aromatic N) is 3. The van der Waals surface area contributed by atoms with Crippen molar-refractivity contribution in [3.63, 3.8) is 0 Å². The molecule has 3 heterocycles. The first-order chi connectivity index (χ1) is 17.1. The van der Waals surface area contributed by atoms with Gasteiger partial charge >= 0.3 is 0 Å². The quantitative estimate of drug-likeness (QED) is 0.372. The highest BCUT2D eigenvalue weighted by molar-refractivity contribution is 7.13. The molecule has 7 heteroatoms. The molecule has 180 valence electrons. The maximum absolute atomic E-state index is 13.5. The summed E-state index contributed by atoms with van der Waals surface area (Å²) in [4.78, 5) is 21.3. The van der Waals surface area contributed by atoms with E-state index < -0.39 is 0 Å². The maximum atomic E-state index is 13.5. The second-order valence-corrected chi connectivity index (χ2v) is 10.2. The van der Waals surface area contributed by atoms with E-state index in [1.165, 1.54) is 11.1 Å². The van der Waals surface area contributed by atoms with E-state index in [9.17, 15) is 4.79 Å². The number of aryl methyl sites for hydroxylation is 2. The fourth-order valence-electron chi connectivity index (χ4n) is 4.83. The number of rotatable bonds is 7. The van der Waals surface area contributed by atoms with Crippen molar-refractivity contribution in [2.24, 2.45) is 5.92 Å². The molecule has 4 aromatic rings. The topological polar surface area (TPSA) is 71.3 Å². The Bertz CT molecular complexity index is 1270. The largest absolute Gasteiger partial charge is 0.345 e. The molecule has 2 aromatic heterocycles. The summed E-state index contributed by atoms with van der Waals surface area (Å²) in [6, 6.07) is 20.4. The van der Waals surface area contributed by atoms with Gasteiger partial charge in [0, 0.05) is 6.54 Å². The second kappa shape index (κ2) is 10.5. The molecule has 0 bridgehead atoms. The first kappa shape index (κ1) is 23.5. The van der Waals surface area contributed by atoms with Crippen molar-refractivity contribution in [3.05, 3.63) is 94.2 Å². The summed E-state index contributed by atoms with van der Waals surface area (Å²) < 4.78 is 5.49. The SMILES string of the molecule is Cc1ccc(C(NC(=O)C2CCCN(Cc3nc(-c4cccs4)no3)C2)c2ccccc2)c(C)c1. The van der Waals surface area contributed by atoms with Crippen LogP contribution in [-0.2, 0) is 11.3 Å². The minimum atomic E-state index is -0.177. The van der Waals surface area contributed by atoms with Crippen molar-refractivity contribution < 1.29 is 9.32 Å². The lowest BCUT2D eigenvalue weighted by molar-refractivity contribution is -0.127. The molecule has 1 aliphatic heterocycles. The number of hydrogen-bond acceptors (Lipinski definition) is 6. The van der Waals surface area contributed by atoms with Gasteiger partial charge in [0.05, 0.1) is 23.4 Å². The van der Waals surface area contributed by atoms with Gasteiger partial charge in [0.2, 0.25) is 17.6 Å². The molecule has 0 saturated carbocycles. The minimum Gasteiger partial charge on any atom is -0.345 e.